The molecular weight excluding hydrogens is 516 g/mol. The van der Waals surface area contributed by atoms with Crippen molar-refractivity contribution in [1.29, 1.82) is 0 Å². The highest BCUT2D eigenvalue weighted by Gasteiger charge is 2.60. The van der Waals surface area contributed by atoms with E-state index in [0.717, 1.165) is 25.2 Å². The maximum Gasteiger partial charge on any atom is 0.255 e. The molecule has 1 amide bonds. The third-order valence-corrected chi connectivity index (χ3v) is 8.14. The quantitative estimate of drug-likeness (QED) is 0.233. The Labute approximate surface area is 233 Å². The first-order valence-corrected chi connectivity index (χ1v) is 13.4. The third kappa shape index (κ3) is 4.67. The Morgan fingerprint density at radius 1 is 1.18 bits per heavy atom. The van der Waals surface area contributed by atoms with Crippen molar-refractivity contribution in [3.8, 4) is 5.75 Å². The van der Waals surface area contributed by atoms with Crippen LogP contribution in [0.1, 0.15) is 36.0 Å². The van der Waals surface area contributed by atoms with Gasteiger partial charge in [-0.3, -0.25) is 19.3 Å². The summed E-state index contributed by atoms with van der Waals surface area (Å²) in [6, 6.07) is 1.89. The maximum atomic E-state index is 13.7. The molecule has 1 aromatic rings. The SMILES string of the molecule is CN(C)c1cc(CN2CC=CCC2)c(O)c2c1C[C@H]1C[C@H]3CC(=O)C(C(N)=O)=C(O)[C@@]3(O)C(=O)C1=C2O.CNC. The molecule has 0 spiro atoms. The molecule has 0 aromatic heterocycles. The zero-order valence-corrected chi connectivity index (χ0v) is 23.3. The normalized spacial score (nSPS) is 26.0. The molecule has 0 unspecified atom stereocenters. The average Bonchev–Trinajstić information content (AvgIpc) is 2.88. The first-order chi connectivity index (χ1) is 18.9. The van der Waals surface area contributed by atoms with Gasteiger partial charge in [0.1, 0.15) is 22.8 Å². The number of phenolic OH excluding ortho intramolecular Hbond substituents is 1. The molecule has 1 aromatic carbocycles. The van der Waals surface area contributed by atoms with Crippen LogP contribution in [0.5, 0.6) is 5.75 Å². The molecule has 11 nitrogen and oxygen atoms in total. The van der Waals surface area contributed by atoms with Gasteiger partial charge in [-0.2, -0.15) is 0 Å². The van der Waals surface area contributed by atoms with E-state index in [9.17, 15) is 34.8 Å². The predicted octanol–water partition coefficient (Wildman–Crippen LogP) is 1.09. The maximum absolute atomic E-state index is 13.7. The number of phenols is 1. The van der Waals surface area contributed by atoms with Gasteiger partial charge < -0.3 is 36.4 Å². The fraction of sp³-hybridized carbons (Fsp3) is 0.483. The number of hydrogen-bond acceptors (Lipinski definition) is 10. The summed E-state index contributed by atoms with van der Waals surface area (Å²) in [6.07, 6.45) is 5.11. The van der Waals surface area contributed by atoms with Crippen LogP contribution < -0.4 is 16.0 Å². The molecule has 1 fully saturated rings. The molecule has 1 heterocycles. The summed E-state index contributed by atoms with van der Waals surface area (Å²) in [5.74, 6) is -6.17. The topological polar surface area (TPSA) is 177 Å². The number of aliphatic hydroxyl groups is 3. The van der Waals surface area contributed by atoms with E-state index in [1.807, 2.05) is 39.2 Å². The van der Waals surface area contributed by atoms with E-state index >= 15 is 0 Å². The number of carbonyl (C=O) groups excluding carboxylic acids is 3. The van der Waals surface area contributed by atoms with Gasteiger partial charge in [0.2, 0.25) is 5.78 Å². The minimum absolute atomic E-state index is 0.110. The monoisotopic (exact) mass is 554 g/mol. The fourth-order valence-electron chi connectivity index (χ4n) is 6.32. The van der Waals surface area contributed by atoms with Crippen LogP contribution in [0.15, 0.2) is 35.1 Å². The standard InChI is InChI=1S/C27H31N3O7.C2H7N/c1-29(2)17-10-14(12-30-6-4-3-5-7-30)22(32)20-16(17)9-13-8-15-11-18(31)21(26(28)36)25(35)27(15,37)24(34)19(13)23(20)33;1-3-2/h3-4,10,13,15,32-33,35,37H,5-9,11-12H2,1-2H3,(H2,28,36);3H,1-2H3/t13-,15+,27+;/m1./s1. The highest BCUT2D eigenvalue weighted by atomic mass is 16.3. The van der Waals surface area contributed by atoms with E-state index < -0.39 is 52.0 Å². The van der Waals surface area contributed by atoms with Crippen molar-refractivity contribution in [2.75, 3.05) is 46.2 Å². The smallest absolute Gasteiger partial charge is 0.255 e. The van der Waals surface area contributed by atoms with Gasteiger partial charge in [-0.05, 0) is 50.9 Å². The number of ketones is 2. The van der Waals surface area contributed by atoms with Crippen molar-refractivity contribution in [2.45, 2.75) is 37.8 Å². The minimum atomic E-state index is -2.56. The van der Waals surface area contributed by atoms with Crippen LogP contribution in [-0.2, 0) is 27.3 Å². The molecule has 3 atom stereocenters. The van der Waals surface area contributed by atoms with Crippen LogP contribution >= 0.6 is 0 Å². The number of carbonyl (C=O) groups is 3. The molecule has 4 aliphatic rings. The van der Waals surface area contributed by atoms with Crippen LogP contribution in [0.2, 0.25) is 0 Å². The Bertz CT molecular complexity index is 1350. The number of rotatable bonds is 4. The number of amides is 1. The second-order valence-electron chi connectivity index (χ2n) is 11.1. The van der Waals surface area contributed by atoms with Gasteiger partial charge in [-0.1, -0.05) is 12.2 Å². The van der Waals surface area contributed by atoms with Gasteiger partial charge >= 0.3 is 0 Å². The predicted molar refractivity (Wildman–Crippen MR) is 150 cm³/mol. The van der Waals surface area contributed by atoms with E-state index in [1.54, 1.807) is 0 Å². The lowest BCUT2D eigenvalue weighted by Crippen LogP contribution is -2.58. The van der Waals surface area contributed by atoms with Gasteiger partial charge in [0.25, 0.3) is 5.91 Å². The molecule has 1 saturated carbocycles. The molecule has 0 bridgehead atoms. The number of primary amides is 1. The molecule has 5 rings (SSSR count). The number of fused-ring (bicyclic) bond motifs is 3. The number of nitrogens with two attached hydrogens (primary N) is 1. The van der Waals surface area contributed by atoms with Crippen molar-refractivity contribution < 1.29 is 34.8 Å². The van der Waals surface area contributed by atoms with Crippen LogP contribution in [0.3, 0.4) is 0 Å². The lowest BCUT2D eigenvalue weighted by Gasteiger charge is -2.46. The first-order valence-electron chi connectivity index (χ1n) is 13.4. The molecule has 216 valence electrons. The van der Waals surface area contributed by atoms with E-state index in [2.05, 4.69) is 22.4 Å². The number of aliphatic hydroxyl groups excluding tert-OH is 2. The summed E-state index contributed by atoms with van der Waals surface area (Å²) >= 11 is 0. The summed E-state index contributed by atoms with van der Waals surface area (Å²) in [4.78, 5) is 42.1. The van der Waals surface area contributed by atoms with Crippen molar-refractivity contribution >= 4 is 28.9 Å². The molecule has 7 N–H and O–H groups in total. The second-order valence-corrected chi connectivity index (χ2v) is 11.1. The number of aromatic hydroxyl groups is 1. The Morgan fingerprint density at radius 3 is 2.42 bits per heavy atom. The number of nitrogens with zero attached hydrogens (tertiary/aromatic N) is 2. The van der Waals surface area contributed by atoms with E-state index in [4.69, 9.17) is 5.73 Å². The largest absolute Gasteiger partial charge is 0.508 e. The second kappa shape index (κ2) is 11.1. The Kier molecular flexibility index (Phi) is 8.11. The van der Waals surface area contributed by atoms with E-state index in [0.29, 0.717) is 17.7 Å². The molecular formula is C29H38N4O7. The van der Waals surface area contributed by atoms with Gasteiger partial charge in [0.05, 0.1) is 5.56 Å². The Morgan fingerprint density at radius 2 is 1.85 bits per heavy atom. The average molecular weight is 555 g/mol. The molecule has 1 aliphatic heterocycles. The third-order valence-electron chi connectivity index (χ3n) is 8.14. The van der Waals surface area contributed by atoms with Crippen molar-refractivity contribution in [3.05, 3.63) is 51.8 Å². The summed E-state index contributed by atoms with van der Waals surface area (Å²) in [6.45, 7) is 1.98. The van der Waals surface area contributed by atoms with Gasteiger partial charge in [-0.25, -0.2) is 0 Å². The number of hydrogen-bond donors (Lipinski definition) is 6. The summed E-state index contributed by atoms with van der Waals surface area (Å²) < 4.78 is 0. The molecule has 0 saturated heterocycles. The highest BCUT2D eigenvalue weighted by molar-refractivity contribution is 6.22. The number of nitrogens with one attached hydrogen (secondary N) is 1. The first kappa shape index (κ1) is 29.3. The van der Waals surface area contributed by atoms with Crippen molar-refractivity contribution in [1.82, 2.24) is 10.2 Å². The number of anilines is 1. The zero-order valence-electron chi connectivity index (χ0n) is 23.3. The van der Waals surface area contributed by atoms with Crippen LogP contribution in [0.4, 0.5) is 5.69 Å². The van der Waals surface area contributed by atoms with Crippen LogP contribution in [0.25, 0.3) is 5.76 Å². The summed E-state index contributed by atoms with van der Waals surface area (Å²) in [5.41, 5.74) is 3.92. The number of Topliss-reactive ketones (excluding diaryl/α,β-unsaturated/α-hetero) is 2. The molecule has 11 heteroatoms. The Hall–Kier alpha value is -3.67. The van der Waals surface area contributed by atoms with E-state index in [1.165, 1.54) is 0 Å². The van der Waals surface area contributed by atoms with E-state index in [-0.39, 0.29) is 36.1 Å². The van der Waals surface area contributed by atoms with Crippen LogP contribution in [0, 0.1) is 11.8 Å². The number of benzene rings is 1. The van der Waals surface area contributed by atoms with Crippen LogP contribution in [-0.4, -0.2) is 89.7 Å². The lowest BCUT2D eigenvalue weighted by atomic mass is 9.59. The van der Waals surface area contributed by atoms with Crippen molar-refractivity contribution in [3.63, 3.8) is 0 Å². The lowest BCUT2D eigenvalue weighted by molar-refractivity contribution is -0.147. The van der Waals surface area contributed by atoms with Gasteiger partial charge in [0, 0.05) is 62.9 Å². The minimum Gasteiger partial charge on any atom is -0.508 e. The molecule has 0 radical (unpaired) electrons. The van der Waals surface area contributed by atoms with Crippen molar-refractivity contribution in [2.24, 2.45) is 17.6 Å². The fourth-order valence-corrected chi connectivity index (χ4v) is 6.32. The summed E-state index contributed by atoms with van der Waals surface area (Å²) in [7, 11) is 7.46. The highest BCUT2D eigenvalue weighted by Crippen LogP contribution is 2.53. The molecule has 3 aliphatic carbocycles. The summed E-state index contributed by atoms with van der Waals surface area (Å²) in [5, 5.41) is 47.6. The van der Waals surface area contributed by atoms with Gasteiger partial charge in [-0.15, -0.1) is 0 Å². The zero-order chi connectivity index (χ0) is 29.5. The molecule has 40 heavy (non-hydrogen) atoms. The van der Waals surface area contributed by atoms with Gasteiger partial charge in [0.15, 0.2) is 11.4 Å². The Balaban J connectivity index is 0.00000118.